The molecular formula is C28H29F3N6O2. The van der Waals surface area contributed by atoms with E-state index in [1.807, 2.05) is 34.7 Å². The van der Waals surface area contributed by atoms with E-state index in [2.05, 4.69) is 15.5 Å². The first-order valence-corrected chi connectivity index (χ1v) is 13.2. The third kappa shape index (κ3) is 4.10. The van der Waals surface area contributed by atoms with E-state index < -0.39 is 17.6 Å². The summed E-state index contributed by atoms with van der Waals surface area (Å²) in [4.78, 5) is 17.1. The summed E-state index contributed by atoms with van der Waals surface area (Å²) in [5.74, 6) is 0.412. The van der Waals surface area contributed by atoms with Crippen LogP contribution in [0.25, 0.3) is 0 Å². The summed E-state index contributed by atoms with van der Waals surface area (Å²) in [5, 5.41) is 11.7. The fourth-order valence-corrected chi connectivity index (χ4v) is 6.19. The Hall–Kier alpha value is -3.44. The van der Waals surface area contributed by atoms with Crippen LogP contribution in [0, 0.1) is 0 Å². The number of rotatable bonds is 5. The zero-order chi connectivity index (χ0) is 27.0. The van der Waals surface area contributed by atoms with Gasteiger partial charge in [0, 0.05) is 61.0 Å². The van der Waals surface area contributed by atoms with Gasteiger partial charge < -0.3 is 24.4 Å². The van der Waals surface area contributed by atoms with Crippen LogP contribution in [0.15, 0.2) is 42.7 Å². The second-order valence-electron chi connectivity index (χ2n) is 11.4. The van der Waals surface area contributed by atoms with E-state index in [0.717, 1.165) is 24.2 Å². The van der Waals surface area contributed by atoms with Gasteiger partial charge >= 0.3 is 6.18 Å². The molecule has 0 atom stereocenters. The maximum Gasteiger partial charge on any atom is 0.416 e. The van der Waals surface area contributed by atoms with Crippen molar-refractivity contribution in [2.24, 2.45) is 7.05 Å². The van der Waals surface area contributed by atoms with Gasteiger partial charge in [-0.3, -0.25) is 4.79 Å². The van der Waals surface area contributed by atoms with Gasteiger partial charge in [-0.1, -0.05) is 12.1 Å². The van der Waals surface area contributed by atoms with Gasteiger partial charge in [0.15, 0.2) is 0 Å². The van der Waals surface area contributed by atoms with E-state index in [-0.39, 0.29) is 28.6 Å². The molecule has 0 bridgehead atoms. The molecule has 3 fully saturated rings. The molecule has 2 saturated heterocycles. The minimum Gasteiger partial charge on any atom is -0.379 e. The number of aryl methyl sites for hydroxylation is 1. The first kappa shape index (κ1) is 24.6. The minimum absolute atomic E-state index is 0.00165. The average molecular weight is 539 g/mol. The van der Waals surface area contributed by atoms with Crippen LogP contribution >= 0.6 is 0 Å². The van der Waals surface area contributed by atoms with E-state index >= 15 is 0 Å². The fourth-order valence-electron chi connectivity index (χ4n) is 6.19. The Balaban J connectivity index is 1.22. The lowest BCUT2D eigenvalue weighted by Crippen LogP contribution is -2.52. The van der Waals surface area contributed by atoms with Crippen molar-refractivity contribution in [3.05, 3.63) is 70.8 Å². The van der Waals surface area contributed by atoms with Gasteiger partial charge in [0.1, 0.15) is 12.2 Å². The number of alkyl halides is 3. The summed E-state index contributed by atoms with van der Waals surface area (Å²) in [5.41, 5.74) is 1.12. The van der Waals surface area contributed by atoms with Gasteiger partial charge in [0.25, 0.3) is 5.91 Å². The highest BCUT2D eigenvalue weighted by Gasteiger charge is 2.47. The Morgan fingerprint density at radius 1 is 1.13 bits per heavy atom. The number of benzene rings is 2. The molecule has 11 heteroatoms. The number of amides is 1. The van der Waals surface area contributed by atoms with E-state index in [0.29, 0.717) is 50.6 Å². The van der Waals surface area contributed by atoms with Crippen molar-refractivity contribution in [2.75, 3.05) is 42.6 Å². The molecule has 1 aliphatic carbocycles. The molecule has 0 unspecified atom stereocenters. The summed E-state index contributed by atoms with van der Waals surface area (Å²) in [6, 6.07) is 10.4. The number of aromatic nitrogens is 3. The summed E-state index contributed by atoms with van der Waals surface area (Å²) < 4.78 is 50.4. The first-order valence-electron chi connectivity index (χ1n) is 13.2. The number of piperazine rings is 1. The number of halogens is 3. The van der Waals surface area contributed by atoms with Crippen LogP contribution in [0.3, 0.4) is 0 Å². The van der Waals surface area contributed by atoms with E-state index in [4.69, 9.17) is 4.74 Å². The molecule has 8 nitrogen and oxygen atoms in total. The van der Waals surface area contributed by atoms with Crippen LogP contribution < -0.4 is 15.1 Å². The number of ether oxygens (including phenoxy) is 1. The van der Waals surface area contributed by atoms with Crippen molar-refractivity contribution in [3.8, 4) is 0 Å². The molecule has 7 rings (SSSR count). The van der Waals surface area contributed by atoms with E-state index in [1.165, 1.54) is 11.0 Å². The van der Waals surface area contributed by atoms with Crippen molar-refractivity contribution < 1.29 is 22.7 Å². The first-order chi connectivity index (χ1) is 18.7. The summed E-state index contributed by atoms with van der Waals surface area (Å²) in [6.45, 7) is 2.83. The van der Waals surface area contributed by atoms with Gasteiger partial charge in [-0.25, -0.2) is 0 Å². The number of hydrogen-bond acceptors (Lipinski definition) is 6. The van der Waals surface area contributed by atoms with Crippen molar-refractivity contribution >= 4 is 17.3 Å². The van der Waals surface area contributed by atoms with Gasteiger partial charge in [0.2, 0.25) is 0 Å². The molecule has 2 aromatic carbocycles. The van der Waals surface area contributed by atoms with Crippen molar-refractivity contribution in [2.45, 2.75) is 42.9 Å². The second kappa shape index (κ2) is 8.53. The third-order valence-corrected chi connectivity index (χ3v) is 8.75. The number of fused-ring (bicyclic) bond motifs is 1. The highest BCUT2D eigenvalue weighted by Crippen LogP contribution is 2.44. The lowest BCUT2D eigenvalue weighted by Gasteiger charge is -2.42. The molecule has 1 spiro atoms. The Morgan fingerprint density at radius 3 is 2.62 bits per heavy atom. The number of nitrogens with one attached hydrogen (secondary N) is 1. The molecule has 4 heterocycles. The summed E-state index contributed by atoms with van der Waals surface area (Å²) in [6.07, 6.45) is -0.266. The van der Waals surface area contributed by atoms with E-state index in [9.17, 15) is 18.0 Å². The van der Waals surface area contributed by atoms with Gasteiger partial charge in [-0.15, -0.1) is 10.2 Å². The van der Waals surface area contributed by atoms with Crippen LogP contribution in [0.5, 0.6) is 0 Å². The molecule has 1 N–H and O–H groups in total. The standard InChI is InChI=1S/C28H29F3N6O2/c1-35-17-33-34-24(35)12-26(15-39-16-26)18-3-2-4-19(9-18)37-13-22-21(25(37)38)10-20(11-23(22)28(29,30)31)36-8-7-32-27(14-36)5-6-27/h2-4,9-11,17,32H,5-8,12-16H2,1H3. The van der Waals surface area contributed by atoms with Crippen LogP contribution in [0.4, 0.5) is 24.5 Å². The summed E-state index contributed by atoms with van der Waals surface area (Å²) >= 11 is 0. The lowest BCUT2D eigenvalue weighted by atomic mass is 9.75. The molecule has 0 radical (unpaired) electrons. The Bertz CT molecular complexity index is 1460. The molecule has 1 aromatic heterocycles. The van der Waals surface area contributed by atoms with Crippen LogP contribution in [0.2, 0.25) is 0 Å². The molecule has 3 aromatic rings. The summed E-state index contributed by atoms with van der Waals surface area (Å²) in [7, 11) is 1.89. The largest absolute Gasteiger partial charge is 0.416 e. The number of carbonyl (C=O) groups excluding carboxylic acids is 1. The monoisotopic (exact) mass is 538 g/mol. The highest BCUT2D eigenvalue weighted by atomic mass is 19.4. The topological polar surface area (TPSA) is 75.5 Å². The van der Waals surface area contributed by atoms with Crippen LogP contribution in [-0.4, -0.2) is 59.1 Å². The van der Waals surface area contributed by atoms with Crippen molar-refractivity contribution in [1.82, 2.24) is 20.1 Å². The smallest absolute Gasteiger partial charge is 0.379 e. The number of hydrogen-bond donors (Lipinski definition) is 1. The predicted octanol–water partition coefficient (Wildman–Crippen LogP) is 3.45. The maximum absolute atomic E-state index is 14.3. The molecule has 204 valence electrons. The molecule has 3 aliphatic heterocycles. The fraction of sp³-hybridized carbons (Fsp3) is 0.464. The molecule has 1 saturated carbocycles. The number of carbonyl (C=O) groups is 1. The Morgan fingerprint density at radius 2 is 1.95 bits per heavy atom. The highest BCUT2D eigenvalue weighted by molar-refractivity contribution is 6.11. The van der Waals surface area contributed by atoms with Crippen LogP contribution in [0.1, 0.15) is 45.7 Å². The third-order valence-electron chi connectivity index (χ3n) is 8.75. The van der Waals surface area contributed by atoms with Gasteiger partial charge in [-0.05, 0) is 48.2 Å². The molecular weight excluding hydrogens is 509 g/mol. The lowest BCUT2D eigenvalue weighted by molar-refractivity contribution is -0.138. The SMILES string of the molecule is Cn1cnnc1CC1(c2cccc(N3Cc4c(cc(N5CCNC6(CC6)C5)cc4C(F)(F)F)C3=O)c2)COC1. The minimum atomic E-state index is -4.56. The van der Waals surface area contributed by atoms with E-state index in [1.54, 1.807) is 18.5 Å². The quantitative estimate of drug-likeness (QED) is 0.537. The Kier molecular flexibility index (Phi) is 5.38. The zero-order valence-corrected chi connectivity index (χ0v) is 21.6. The van der Waals surface area contributed by atoms with Crippen molar-refractivity contribution in [1.29, 1.82) is 0 Å². The second-order valence-corrected chi connectivity index (χ2v) is 11.4. The normalized spacial score (nSPS) is 21.3. The van der Waals surface area contributed by atoms with Crippen LogP contribution in [-0.2, 0) is 36.3 Å². The van der Waals surface area contributed by atoms with Gasteiger partial charge in [-0.2, -0.15) is 13.2 Å². The average Bonchev–Trinajstić information content (AvgIpc) is 3.36. The number of nitrogens with zero attached hydrogens (tertiary/aromatic N) is 5. The molecule has 39 heavy (non-hydrogen) atoms. The zero-order valence-electron chi connectivity index (χ0n) is 21.6. The van der Waals surface area contributed by atoms with Crippen molar-refractivity contribution in [3.63, 3.8) is 0 Å². The predicted molar refractivity (Wildman–Crippen MR) is 138 cm³/mol. The van der Waals surface area contributed by atoms with Gasteiger partial charge in [0.05, 0.1) is 25.3 Å². The molecule has 4 aliphatic rings. The number of anilines is 2. The molecule has 1 amide bonds. The maximum atomic E-state index is 14.3. The Labute approximate surface area is 223 Å².